The highest BCUT2D eigenvalue weighted by Crippen LogP contribution is 2.18. The maximum atomic E-state index is 10.3. The molecule has 1 aromatic heterocycles. The summed E-state index contributed by atoms with van der Waals surface area (Å²) in [5, 5.41) is 13.6. The standard InChI is InChI=1S/C16H21NO2/c1-3-13-6-8-14(9-7-13)16(18)12(2)17-11-15-5-4-10-19-15/h4-10,12,16-18H,3,11H2,1-2H3. The van der Waals surface area contributed by atoms with Gasteiger partial charge in [-0.05, 0) is 36.6 Å². The van der Waals surface area contributed by atoms with Crippen molar-refractivity contribution in [3.8, 4) is 0 Å². The van der Waals surface area contributed by atoms with Crippen LogP contribution in [0.25, 0.3) is 0 Å². The van der Waals surface area contributed by atoms with Crippen LogP contribution in [0.15, 0.2) is 47.1 Å². The number of furan rings is 1. The van der Waals surface area contributed by atoms with Crippen molar-refractivity contribution in [3.63, 3.8) is 0 Å². The number of rotatable bonds is 6. The molecule has 1 heterocycles. The van der Waals surface area contributed by atoms with Gasteiger partial charge in [0.1, 0.15) is 5.76 Å². The van der Waals surface area contributed by atoms with Crippen molar-refractivity contribution in [1.29, 1.82) is 0 Å². The monoisotopic (exact) mass is 259 g/mol. The first-order valence-corrected chi connectivity index (χ1v) is 6.73. The summed E-state index contributed by atoms with van der Waals surface area (Å²) in [6.45, 7) is 4.72. The van der Waals surface area contributed by atoms with Crippen LogP contribution < -0.4 is 5.32 Å². The second-order valence-electron chi connectivity index (χ2n) is 4.79. The first-order chi connectivity index (χ1) is 9.20. The van der Waals surface area contributed by atoms with Crippen LogP contribution in [0.2, 0.25) is 0 Å². The van der Waals surface area contributed by atoms with Crippen LogP contribution in [0.3, 0.4) is 0 Å². The fraction of sp³-hybridized carbons (Fsp3) is 0.375. The minimum Gasteiger partial charge on any atom is -0.468 e. The van der Waals surface area contributed by atoms with E-state index in [0.717, 1.165) is 17.7 Å². The molecule has 0 spiro atoms. The third-order valence-electron chi connectivity index (χ3n) is 3.38. The SMILES string of the molecule is CCc1ccc(C(O)C(C)NCc2ccco2)cc1. The lowest BCUT2D eigenvalue weighted by atomic mass is 10.0. The molecule has 3 heteroatoms. The number of benzene rings is 1. The minimum absolute atomic E-state index is 0.0300. The number of aryl methyl sites for hydroxylation is 1. The Bertz CT molecular complexity index is 476. The molecule has 0 aliphatic rings. The first-order valence-electron chi connectivity index (χ1n) is 6.73. The molecule has 19 heavy (non-hydrogen) atoms. The van der Waals surface area contributed by atoms with E-state index in [1.807, 2.05) is 31.2 Å². The molecule has 2 N–H and O–H groups in total. The Labute approximate surface area is 114 Å². The molecule has 0 saturated carbocycles. The molecule has 0 aliphatic heterocycles. The van der Waals surface area contributed by atoms with E-state index in [9.17, 15) is 5.11 Å². The summed E-state index contributed by atoms with van der Waals surface area (Å²) in [5.41, 5.74) is 2.23. The van der Waals surface area contributed by atoms with Crippen LogP contribution in [-0.4, -0.2) is 11.1 Å². The van der Waals surface area contributed by atoms with Gasteiger partial charge in [0, 0.05) is 6.04 Å². The van der Waals surface area contributed by atoms with E-state index >= 15 is 0 Å². The van der Waals surface area contributed by atoms with E-state index in [1.165, 1.54) is 5.56 Å². The number of aliphatic hydroxyl groups excluding tert-OH is 1. The van der Waals surface area contributed by atoms with Crippen molar-refractivity contribution in [2.24, 2.45) is 0 Å². The maximum Gasteiger partial charge on any atom is 0.117 e. The Hall–Kier alpha value is -1.58. The molecule has 0 bridgehead atoms. The lowest BCUT2D eigenvalue weighted by Gasteiger charge is -2.20. The van der Waals surface area contributed by atoms with Gasteiger partial charge >= 0.3 is 0 Å². The predicted octanol–water partition coefficient (Wildman–Crippen LogP) is 3.05. The molecule has 2 unspecified atom stereocenters. The van der Waals surface area contributed by atoms with Crippen LogP contribution >= 0.6 is 0 Å². The molecule has 2 atom stereocenters. The summed E-state index contributed by atoms with van der Waals surface area (Å²) < 4.78 is 5.26. The quantitative estimate of drug-likeness (QED) is 0.838. The maximum absolute atomic E-state index is 10.3. The summed E-state index contributed by atoms with van der Waals surface area (Å²) >= 11 is 0. The first kappa shape index (κ1) is 13.8. The van der Waals surface area contributed by atoms with Gasteiger partial charge in [0.15, 0.2) is 0 Å². The topological polar surface area (TPSA) is 45.4 Å². The smallest absolute Gasteiger partial charge is 0.117 e. The van der Waals surface area contributed by atoms with Crippen molar-refractivity contribution < 1.29 is 9.52 Å². The molecular formula is C16H21NO2. The fourth-order valence-electron chi connectivity index (χ4n) is 2.03. The third-order valence-corrected chi connectivity index (χ3v) is 3.38. The Kier molecular flexibility index (Phi) is 4.77. The Morgan fingerprint density at radius 3 is 2.53 bits per heavy atom. The highest BCUT2D eigenvalue weighted by molar-refractivity contribution is 5.24. The second-order valence-corrected chi connectivity index (χ2v) is 4.79. The molecule has 0 amide bonds. The number of aliphatic hydroxyl groups is 1. The highest BCUT2D eigenvalue weighted by atomic mass is 16.3. The molecule has 1 aromatic carbocycles. The van der Waals surface area contributed by atoms with E-state index in [1.54, 1.807) is 6.26 Å². The van der Waals surface area contributed by atoms with Gasteiger partial charge in [-0.25, -0.2) is 0 Å². The number of hydrogen-bond donors (Lipinski definition) is 2. The van der Waals surface area contributed by atoms with Gasteiger partial charge in [-0.2, -0.15) is 0 Å². The summed E-state index contributed by atoms with van der Waals surface area (Å²) in [6.07, 6.45) is 2.16. The van der Waals surface area contributed by atoms with Gasteiger partial charge in [-0.1, -0.05) is 31.2 Å². The molecule has 0 saturated heterocycles. The van der Waals surface area contributed by atoms with Crippen LogP contribution in [0.1, 0.15) is 36.8 Å². The van der Waals surface area contributed by atoms with Crippen molar-refractivity contribution >= 4 is 0 Å². The van der Waals surface area contributed by atoms with Crippen molar-refractivity contribution in [2.45, 2.75) is 39.0 Å². The van der Waals surface area contributed by atoms with Gasteiger partial charge in [0.2, 0.25) is 0 Å². The zero-order chi connectivity index (χ0) is 13.7. The number of nitrogens with one attached hydrogen (secondary N) is 1. The molecule has 2 rings (SSSR count). The van der Waals surface area contributed by atoms with Crippen molar-refractivity contribution in [2.75, 3.05) is 0 Å². The van der Waals surface area contributed by atoms with E-state index in [4.69, 9.17) is 4.42 Å². The van der Waals surface area contributed by atoms with Gasteiger partial charge in [-0.15, -0.1) is 0 Å². The lowest BCUT2D eigenvalue weighted by molar-refractivity contribution is 0.134. The molecule has 0 radical (unpaired) electrons. The van der Waals surface area contributed by atoms with E-state index in [0.29, 0.717) is 6.54 Å². The summed E-state index contributed by atoms with van der Waals surface area (Å²) in [5.74, 6) is 0.875. The molecular weight excluding hydrogens is 238 g/mol. The summed E-state index contributed by atoms with van der Waals surface area (Å²) in [4.78, 5) is 0. The Morgan fingerprint density at radius 1 is 1.21 bits per heavy atom. The van der Waals surface area contributed by atoms with Crippen LogP contribution in [0.4, 0.5) is 0 Å². The van der Waals surface area contributed by atoms with Crippen molar-refractivity contribution in [3.05, 3.63) is 59.5 Å². The molecule has 2 aromatic rings. The predicted molar refractivity (Wildman–Crippen MR) is 75.8 cm³/mol. The molecule has 0 aliphatic carbocycles. The molecule has 102 valence electrons. The van der Waals surface area contributed by atoms with Gasteiger partial charge in [0.05, 0.1) is 18.9 Å². The molecule has 3 nitrogen and oxygen atoms in total. The average Bonchev–Trinajstić information content (AvgIpc) is 2.97. The van der Waals surface area contributed by atoms with Crippen LogP contribution in [0.5, 0.6) is 0 Å². The van der Waals surface area contributed by atoms with Gasteiger partial charge in [-0.3, -0.25) is 0 Å². The second kappa shape index (κ2) is 6.55. The third kappa shape index (κ3) is 3.69. The highest BCUT2D eigenvalue weighted by Gasteiger charge is 2.16. The van der Waals surface area contributed by atoms with Crippen LogP contribution in [-0.2, 0) is 13.0 Å². The van der Waals surface area contributed by atoms with E-state index in [-0.39, 0.29) is 6.04 Å². The number of hydrogen-bond acceptors (Lipinski definition) is 3. The van der Waals surface area contributed by atoms with Gasteiger partial charge in [0.25, 0.3) is 0 Å². The van der Waals surface area contributed by atoms with E-state index < -0.39 is 6.10 Å². The minimum atomic E-state index is -0.513. The normalized spacial score (nSPS) is 14.3. The summed E-state index contributed by atoms with van der Waals surface area (Å²) in [6, 6.07) is 11.9. The Balaban J connectivity index is 1.91. The summed E-state index contributed by atoms with van der Waals surface area (Å²) in [7, 11) is 0. The molecule has 0 fully saturated rings. The van der Waals surface area contributed by atoms with Gasteiger partial charge < -0.3 is 14.8 Å². The Morgan fingerprint density at radius 2 is 1.95 bits per heavy atom. The zero-order valence-corrected chi connectivity index (χ0v) is 11.5. The largest absolute Gasteiger partial charge is 0.468 e. The fourth-order valence-corrected chi connectivity index (χ4v) is 2.03. The average molecular weight is 259 g/mol. The van der Waals surface area contributed by atoms with Crippen LogP contribution in [0, 0.1) is 0 Å². The zero-order valence-electron chi connectivity index (χ0n) is 11.5. The lowest BCUT2D eigenvalue weighted by Crippen LogP contribution is -2.31. The van der Waals surface area contributed by atoms with E-state index in [2.05, 4.69) is 24.4 Å². The van der Waals surface area contributed by atoms with Crippen molar-refractivity contribution in [1.82, 2.24) is 5.32 Å².